The average molecular weight is 604 g/mol. The second-order valence-corrected chi connectivity index (χ2v) is 12.5. The van der Waals surface area contributed by atoms with Gasteiger partial charge in [-0.25, -0.2) is 4.79 Å². The summed E-state index contributed by atoms with van der Waals surface area (Å²) in [6.07, 6.45) is -0.0545. The molecule has 0 spiro atoms. The summed E-state index contributed by atoms with van der Waals surface area (Å²) in [6.45, 7) is 9.94. The number of halogens is 3. The summed E-state index contributed by atoms with van der Waals surface area (Å²) in [4.78, 5) is 41.4. The summed E-state index contributed by atoms with van der Waals surface area (Å²) in [5, 5.41) is 22.2. The zero-order valence-electron chi connectivity index (χ0n) is 24.6. The molecule has 0 radical (unpaired) electrons. The van der Waals surface area contributed by atoms with Crippen LogP contribution in [0.15, 0.2) is 42.7 Å². The summed E-state index contributed by atoms with van der Waals surface area (Å²) >= 11 is 0. The Morgan fingerprint density at radius 1 is 1.23 bits per heavy atom. The summed E-state index contributed by atoms with van der Waals surface area (Å²) in [5.74, 6) is -2.33. The monoisotopic (exact) mass is 603 g/mol. The molecule has 5 rings (SSSR count). The van der Waals surface area contributed by atoms with E-state index < -0.39 is 29.3 Å². The van der Waals surface area contributed by atoms with Crippen molar-refractivity contribution < 1.29 is 37.4 Å². The van der Waals surface area contributed by atoms with Gasteiger partial charge in [0.05, 0.1) is 12.1 Å². The van der Waals surface area contributed by atoms with Crippen LogP contribution in [0.3, 0.4) is 0 Å². The van der Waals surface area contributed by atoms with Crippen molar-refractivity contribution in [1.29, 1.82) is 5.41 Å². The molecule has 0 unspecified atom stereocenters. The number of fused-ring (bicyclic) bond motifs is 1. The normalized spacial score (nSPS) is 24.3. The molecule has 1 saturated heterocycles. The number of amides is 2. The van der Waals surface area contributed by atoms with Gasteiger partial charge in [0, 0.05) is 42.3 Å². The molecule has 1 aromatic heterocycles. The number of ether oxygens (including phenoxy) is 1. The second-order valence-electron chi connectivity index (χ2n) is 12.5. The summed E-state index contributed by atoms with van der Waals surface area (Å²) in [6, 6.07) is 9.29. The number of benzene rings is 1. The number of rotatable bonds is 5. The molecule has 2 fully saturated rings. The van der Waals surface area contributed by atoms with E-state index in [0.29, 0.717) is 12.8 Å². The number of aromatic nitrogens is 1. The van der Waals surface area contributed by atoms with Crippen LogP contribution in [0.5, 0.6) is 5.75 Å². The largest absolute Gasteiger partial charge is 0.490 e. The maximum absolute atomic E-state index is 13.5. The number of aliphatic carboxylic acids is 1. The number of alkyl halides is 3. The highest BCUT2D eigenvalue weighted by atomic mass is 19.4. The number of carboxylic acid groups (broad SMARTS) is 1. The van der Waals surface area contributed by atoms with E-state index >= 15 is 0 Å². The van der Waals surface area contributed by atoms with Crippen LogP contribution < -0.4 is 15.4 Å². The van der Waals surface area contributed by atoms with Crippen LogP contribution in [0, 0.1) is 24.2 Å². The molecule has 1 saturated carbocycles. The Morgan fingerprint density at radius 3 is 2.49 bits per heavy atom. The van der Waals surface area contributed by atoms with Crippen LogP contribution in [0.2, 0.25) is 0 Å². The van der Waals surface area contributed by atoms with Crippen LogP contribution >= 0.6 is 0 Å². The molecule has 43 heavy (non-hydrogen) atoms. The first-order chi connectivity index (χ1) is 19.9. The van der Waals surface area contributed by atoms with Gasteiger partial charge < -0.3 is 20.5 Å². The maximum atomic E-state index is 13.5. The Labute approximate surface area is 247 Å². The van der Waals surface area contributed by atoms with Crippen LogP contribution in [0.1, 0.15) is 75.7 Å². The van der Waals surface area contributed by atoms with Crippen molar-refractivity contribution >= 4 is 23.7 Å². The van der Waals surface area contributed by atoms with Crippen LogP contribution in [0.4, 0.5) is 13.2 Å². The predicted molar refractivity (Wildman–Crippen MR) is 150 cm³/mol. The molecule has 1 aliphatic carbocycles. The van der Waals surface area contributed by atoms with Crippen LogP contribution in [0.25, 0.3) is 0 Å². The van der Waals surface area contributed by atoms with Gasteiger partial charge in [-0.05, 0) is 70.2 Å². The number of hydrogen-bond donors (Lipinski definition) is 4. The molecule has 2 aromatic rings. The molecular weight excluding hydrogens is 567 g/mol. The predicted octanol–water partition coefficient (Wildman–Crippen LogP) is 4.65. The summed E-state index contributed by atoms with van der Waals surface area (Å²) in [7, 11) is 0. The van der Waals surface area contributed by atoms with E-state index in [4.69, 9.17) is 20.0 Å². The number of nitrogens with zero attached hydrogens (tertiary/aromatic N) is 2. The van der Waals surface area contributed by atoms with Crippen molar-refractivity contribution in [3.05, 3.63) is 59.4 Å². The van der Waals surface area contributed by atoms with Gasteiger partial charge in [0.15, 0.2) is 5.96 Å². The maximum Gasteiger partial charge on any atom is 0.490 e. The Kier molecular flexibility index (Phi) is 8.49. The van der Waals surface area contributed by atoms with Gasteiger partial charge >= 0.3 is 12.1 Å². The molecule has 4 N–H and O–H groups in total. The van der Waals surface area contributed by atoms with E-state index in [2.05, 4.69) is 15.6 Å². The number of aryl methyl sites for hydroxylation is 1. The Morgan fingerprint density at radius 2 is 1.91 bits per heavy atom. The minimum absolute atomic E-state index is 0.0209. The van der Waals surface area contributed by atoms with Crippen molar-refractivity contribution in [2.75, 3.05) is 0 Å². The van der Waals surface area contributed by atoms with E-state index in [0.717, 1.165) is 22.4 Å². The first kappa shape index (κ1) is 31.8. The Hall–Kier alpha value is -4.16. The number of nitrogens with one attached hydrogen (secondary N) is 3. The number of hydrogen-bond acceptors (Lipinski definition) is 6. The van der Waals surface area contributed by atoms with E-state index in [1.807, 2.05) is 65.0 Å². The zero-order chi connectivity index (χ0) is 31.9. The molecule has 232 valence electrons. The van der Waals surface area contributed by atoms with Crippen molar-refractivity contribution in [2.24, 2.45) is 11.8 Å². The molecule has 4 atom stereocenters. The highest BCUT2D eigenvalue weighted by Crippen LogP contribution is 2.51. The molecule has 2 amide bonds. The van der Waals surface area contributed by atoms with E-state index in [1.165, 1.54) is 4.90 Å². The summed E-state index contributed by atoms with van der Waals surface area (Å²) in [5.41, 5.74) is 2.07. The fourth-order valence-electron chi connectivity index (χ4n) is 5.68. The second kappa shape index (κ2) is 11.5. The average Bonchev–Trinajstić information content (AvgIpc) is 3.65. The standard InChI is InChI=1S/C28H35N5O3.C2HF3O2/c1-16-8-9-18-21(13-28(4,5)36-22(18)11-16)31-25(35)20-12-19(20)24(17-7-6-10-30-15-17)33-23(34)14-27(2,3)32-26(33)29;3-2(4,5)1(6)7/h6-11,15,19-21,24H,12-14H2,1-5H3,(H2,29,32)(H,31,35);(H,6,7)/t19-,20-,21+,24-;/m1./s1. The van der Waals surface area contributed by atoms with Gasteiger partial charge in [-0.15, -0.1) is 0 Å². The smallest absolute Gasteiger partial charge is 0.487 e. The zero-order valence-corrected chi connectivity index (χ0v) is 24.6. The molecule has 0 bridgehead atoms. The fraction of sp³-hybridized carbons (Fsp3) is 0.500. The Balaban J connectivity index is 0.000000541. The SMILES string of the molecule is Cc1ccc2c(c1)OC(C)(C)C[C@@H]2NC(=O)[C@@H]1C[C@H]1[C@@H](c1cccnc1)N1C(=N)NC(C)(C)CC1=O.O=C(O)C(F)(F)F. The van der Waals surface area contributed by atoms with Gasteiger partial charge in [-0.2, -0.15) is 13.2 Å². The summed E-state index contributed by atoms with van der Waals surface area (Å²) < 4.78 is 37.9. The third kappa shape index (κ3) is 7.44. The molecule has 2 aliphatic heterocycles. The van der Waals surface area contributed by atoms with E-state index in [-0.39, 0.29) is 42.1 Å². The molecule has 10 nitrogen and oxygen atoms in total. The van der Waals surface area contributed by atoms with Gasteiger partial charge in [-0.3, -0.25) is 24.9 Å². The van der Waals surface area contributed by atoms with Crippen molar-refractivity contribution in [2.45, 2.75) is 83.3 Å². The third-order valence-electron chi connectivity index (χ3n) is 7.63. The number of carbonyl (C=O) groups is 3. The lowest BCUT2D eigenvalue weighted by atomic mass is 9.89. The van der Waals surface area contributed by atoms with Gasteiger partial charge in [0.2, 0.25) is 11.8 Å². The van der Waals surface area contributed by atoms with Crippen LogP contribution in [-0.2, 0) is 14.4 Å². The first-order valence-electron chi connectivity index (χ1n) is 13.9. The van der Waals surface area contributed by atoms with E-state index in [9.17, 15) is 22.8 Å². The van der Waals surface area contributed by atoms with Crippen molar-refractivity contribution in [3.63, 3.8) is 0 Å². The molecule has 13 heteroatoms. The quantitative estimate of drug-likeness (QED) is 0.389. The first-order valence-corrected chi connectivity index (χ1v) is 13.9. The van der Waals surface area contributed by atoms with Gasteiger partial charge in [-0.1, -0.05) is 18.2 Å². The third-order valence-corrected chi connectivity index (χ3v) is 7.63. The van der Waals surface area contributed by atoms with Crippen molar-refractivity contribution in [3.8, 4) is 5.75 Å². The number of carboxylic acids is 1. The minimum Gasteiger partial charge on any atom is -0.487 e. The molecule has 3 heterocycles. The topological polar surface area (TPSA) is 145 Å². The molecular formula is C30H36F3N5O5. The Bertz CT molecular complexity index is 1390. The van der Waals surface area contributed by atoms with Gasteiger partial charge in [0.1, 0.15) is 11.4 Å². The van der Waals surface area contributed by atoms with E-state index in [1.54, 1.807) is 12.4 Å². The molecule has 1 aromatic carbocycles. The number of guanidine groups is 1. The highest BCUT2D eigenvalue weighted by Gasteiger charge is 2.54. The lowest BCUT2D eigenvalue weighted by Crippen LogP contribution is -2.60. The lowest BCUT2D eigenvalue weighted by Gasteiger charge is -2.42. The van der Waals surface area contributed by atoms with Crippen molar-refractivity contribution in [1.82, 2.24) is 20.5 Å². The number of pyridine rings is 1. The van der Waals surface area contributed by atoms with Gasteiger partial charge in [0.25, 0.3) is 0 Å². The number of carbonyl (C=O) groups excluding carboxylic acids is 2. The van der Waals surface area contributed by atoms with Crippen LogP contribution in [-0.4, -0.2) is 56.0 Å². The fourth-order valence-corrected chi connectivity index (χ4v) is 5.68. The lowest BCUT2D eigenvalue weighted by molar-refractivity contribution is -0.192. The highest BCUT2D eigenvalue weighted by molar-refractivity contribution is 5.99. The minimum atomic E-state index is -5.08. The molecule has 3 aliphatic rings.